The number of aromatic nitrogens is 2. The van der Waals surface area contributed by atoms with Crippen molar-refractivity contribution in [3.05, 3.63) is 46.0 Å². The maximum atomic E-state index is 12.2. The Labute approximate surface area is 137 Å². The first-order valence-electron chi connectivity index (χ1n) is 7.42. The Bertz CT molecular complexity index is 684. The summed E-state index contributed by atoms with van der Waals surface area (Å²) in [6.07, 6.45) is 1.25. The molecule has 2 aromatic rings. The van der Waals surface area contributed by atoms with Gasteiger partial charge >= 0.3 is 0 Å². The highest BCUT2D eigenvalue weighted by molar-refractivity contribution is 9.10. The van der Waals surface area contributed by atoms with Gasteiger partial charge in [-0.15, -0.1) is 0 Å². The molecule has 1 fully saturated rings. The standard InChI is InChI=1S/C16H18BrN3O2/c1-10(2)15-18-16(22-19-15)13-6-7-14(21)20(13)9-11-4-3-5-12(17)8-11/h3-5,8,10,13H,6-7,9H2,1-2H3. The van der Waals surface area contributed by atoms with E-state index in [1.807, 2.05) is 43.0 Å². The molecule has 0 aliphatic carbocycles. The Hall–Kier alpha value is -1.69. The van der Waals surface area contributed by atoms with Crippen LogP contribution in [0.25, 0.3) is 0 Å². The molecule has 1 aliphatic heterocycles. The Morgan fingerprint density at radius 1 is 1.45 bits per heavy atom. The summed E-state index contributed by atoms with van der Waals surface area (Å²) in [7, 11) is 0. The summed E-state index contributed by atoms with van der Waals surface area (Å²) in [5.74, 6) is 1.59. The average molecular weight is 364 g/mol. The second kappa shape index (κ2) is 6.20. The summed E-state index contributed by atoms with van der Waals surface area (Å²) in [5, 5.41) is 4.01. The molecular weight excluding hydrogens is 346 g/mol. The monoisotopic (exact) mass is 363 g/mol. The molecule has 0 N–H and O–H groups in total. The highest BCUT2D eigenvalue weighted by Crippen LogP contribution is 2.33. The van der Waals surface area contributed by atoms with Crippen LogP contribution in [0.1, 0.15) is 55.9 Å². The zero-order valence-electron chi connectivity index (χ0n) is 12.6. The second-order valence-electron chi connectivity index (χ2n) is 5.85. The van der Waals surface area contributed by atoms with Gasteiger partial charge in [0.2, 0.25) is 11.8 Å². The minimum Gasteiger partial charge on any atom is -0.337 e. The third-order valence-corrected chi connectivity index (χ3v) is 4.32. The Kier molecular flexibility index (Phi) is 4.29. The van der Waals surface area contributed by atoms with Crippen molar-refractivity contribution in [3.63, 3.8) is 0 Å². The number of carbonyl (C=O) groups excluding carboxylic acids is 1. The van der Waals surface area contributed by atoms with E-state index < -0.39 is 0 Å². The fourth-order valence-electron chi connectivity index (χ4n) is 2.64. The van der Waals surface area contributed by atoms with E-state index in [0.29, 0.717) is 24.7 Å². The van der Waals surface area contributed by atoms with Gasteiger partial charge in [-0.2, -0.15) is 4.98 Å². The van der Waals surface area contributed by atoms with Gasteiger partial charge in [-0.05, 0) is 24.1 Å². The smallest absolute Gasteiger partial charge is 0.249 e. The van der Waals surface area contributed by atoms with Gasteiger partial charge in [-0.1, -0.05) is 47.1 Å². The molecule has 1 atom stereocenters. The molecule has 1 saturated heterocycles. The summed E-state index contributed by atoms with van der Waals surface area (Å²) < 4.78 is 6.39. The molecule has 0 radical (unpaired) electrons. The predicted molar refractivity (Wildman–Crippen MR) is 85.1 cm³/mol. The molecule has 116 valence electrons. The highest BCUT2D eigenvalue weighted by atomic mass is 79.9. The molecule has 1 aromatic heterocycles. The van der Waals surface area contributed by atoms with E-state index in [2.05, 4.69) is 26.1 Å². The first kappa shape index (κ1) is 15.2. The van der Waals surface area contributed by atoms with E-state index in [1.54, 1.807) is 0 Å². The molecule has 22 heavy (non-hydrogen) atoms. The Morgan fingerprint density at radius 3 is 2.95 bits per heavy atom. The minimum absolute atomic E-state index is 0.119. The van der Waals surface area contributed by atoms with Crippen molar-refractivity contribution in [2.24, 2.45) is 0 Å². The van der Waals surface area contributed by atoms with Gasteiger partial charge in [0.15, 0.2) is 5.82 Å². The van der Waals surface area contributed by atoms with E-state index in [0.717, 1.165) is 16.5 Å². The quantitative estimate of drug-likeness (QED) is 0.828. The number of hydrogen-bond acceptors (Lipinski definition) is 4. The molecule has 0 saturated carbocycles. The van der Waals surface area contributed by atoms with E-state index in [4.69, 9.17) is 4.52 Å². The summed E-state index contributed by atoms with van der Waals surface area (Å²) in [4.78, 5) is 18.5. The van der Waals surface area contributed by atoms with Crippen molar-refractivity contribution in [1.29, 1.82) is 0 Å². The summed E-state index contributed by atoms with van der Waals surface area (Å²) in [6, 6.07) is 7.86. The molecule has 0 bridgehead atoms. The lowest BCUT2D eigenvalue weighted by Crippen LogP contribution is -2.27. The first-order chi connectivity index (χ1) is 10.5. The van der Waals surface area contributed by atoms with Gasteiger partial charge in [-0.25, -0.2) is 0 Å². The van der Waals surface area contributed by atoms with Crippen LogP contribution in [-0.4, -0.2) is 20.9 Å². The Morgan fingerprint density at radius 2 is 2.27 bits per heavy atom. The molecule has 1 unspecified atom stereocenters. The van der Waals surface area contributed by atoms with E-state index >= 15 is 0 Å². The van der Waals surface area contributed by atoms with Crippen molar-refractivity contribution in [3.8, 4) is 0 Å². The zero-order chi connectivity index (χ0) is 15.7. The fraction of sp³-hybridized carbons (Fsp3) is 0.438. The molecule has 3 rings (SSSR count). The predicted octanol–water partition coefficient (Wildman–Crippen LogP) is 3.82. The van der Waals surface area contributed by atoms with Crippen LogP contribution < -0.4 is 0 Å². The zero-order valence-corrected chi connectivity index (χ0v) is 14.2. The number of halogens is 1. The van der Waals surface area contributed by atoms with Gasteiger partial charge in [-0.3, -0.25) is 4.79 Å². The van der Waals surface area contributed by atoms with E-state index in [-0.39, 0.29) is 17.9 Å². The number of rotatable bonds is 4. The lowest BCUT2D eigenvalue weighted by molar-refractivity contribution is -0.129. The lowest BCUT2D eigenvalue weighted by atomic mass is 10.1. The SMILES string of the molecule is CC(C)c1noc(C2CCC(=O)N2Cc2cccc(Br)c2)n1. The summed E-state index contributed by atoms with van der Waals surface area (Å²) >= 11 is 3.46. The number of amides is 1. The molecule has 1 aromatic carbocycles. The number of benzene rings is 1. The van der Waals surface area contributed by atoms with Crippen LogP contribution in [0, 0.1) is 0 Å². The van der Waals surface area contributed by atoms with Crippen molar-refractivity contribution in [2.75, 3.05) is 0 Å². The molecule has 6 heteroatoms. The maximum Gasteiger partial charge on any atom is 0.249 e. The summed E-state index contributed by atoms with van der Waals surface area (Å²) in [5.41, 5.74) is 1.08. The van der Waals surface area contributed by atoms with Crippen molar-refractivity contribution >= 4 is 21.8 Å². The third-order valence-electron chi connectivity index (χ3n) is 3.83. The van der Waals surface area contributed by atoms with Gasteiger partial charge in [0.1, 0.15) is 6.04 Å². The van der Waals surface area contributed by atoms with Crippen LogP contribution in [0.2, 0.25) is 0 Å². The minimum atomic E-state index is -0.119. The van der Waals surface area contributed by atoms with Crippen molar-refractivity contribution in [1.82, 2.24) is 15.0 Å². The van der Waals surface area contributed by atoms with Gasteiger partial charge < -0.3 is 9.42 Å². The molecule has 1 amide bonds. The number of carbonyl (C=O) groups is 1. The van der Waals surface area contributed by atoms with Crippen LogP contribution in [0.15, 0.2) is 33.3 Å². The van der Waals surface area contributed by atoms with Crippen molar-refractivity contribution < 1.29 is 9.32 Å². The first-order valence-corrected chi connectivity index (χ1v) is 8.21. The third kappa shape index (κ3) is 3.06. The maximum absolute atomic E-state index is 12.2. The van der Waals surface area contributed by atoms with Crippen LogP contribution >= 0.6 is 15.9 Å². The average Bonchev–Trinajstić information content (AvgIpc) is 3.07. The molecule has 1 aliphatic rings. The van der Waals surface area contributed by atoms with Crippen LogP contribution in [0.3, 0.4) is 0 Å². The number of nitrogens with zero attached hydrogens (tertiary/aromatic N) is 3. The van der Waals surface area contributed by atoms with Crippen molar-refractivity contribution in [2.45, 2.75) is 45.2 Å². The van der Waals surface area contributed by atoms with E-state index in [1.165, 1.54) is 0 Å². The molecule has 5 nitrogen and oxygen atoms in total. The van der Waals surface area contributed by atoms with Crippen LogP contribution in [-0.2, 0) is 11.3 Å². The molecule has 2 heterocycles. The number of likely N-dealkylation sites (tertiary alicyclic amines) is 1. The number of hydrogen-bond donors (Lipinski definition) is 0. The lowest BCUT2D eigenvalue weighted by Gasteiger charge is -2.22. The van der Waals surface area contributed by atoms with Gasteiger partial charge in [0.05, 0.1) is 0 Å². The highest BCUT2D eigenvalue weighted by Gasteiger charge is 2.36. The normalized spacial score (nSPS) is 18.5. The largest absolute Gasteiger partial charge is 0.337 e. The molecule has 0 spiro atoms. The van der Waals surface area contributed by atoms with E-state index in [9.17, 15) is 4.79 Å². The van der Waals surface area contributed by atoms with Gasteiger partial charge in [0.25, 0.3) is 0 Å². The Balaban J connectivity index is 1.82. The van der Waals surface area contributed by atoms with Gasteiger partial charge in [0, 0.05) is 23.4 Å². The van der Waals surface area contributed by atoms with Crippen LogP contribution in [0.5, 0.6) is 0 Å². The topological polar surface area (TPSA) is 59.2 Å². The fourth-order valence-corrected chi connectivity index (χ4v) is 3.08. The molecular formula is C16H18BrN3O2. The second-order valence-corrected chi connectivity index (χ2v) is 6.77. The summed E-state index contributed by atoms with van der Waals surface area (Å²) in [6.45, 7) is 4.60. The van der Waals surface area contributed by atoms with Crippen LogP contribution in [0.4, 0.5) is 0 Å².